The molecule has 3 rings (SSSR count). The van der Waals surface area contributed by atoms with Gasteiger partial charge in [0.25, 0.3) is 0 Å². The predicted molar refractivity (Wildman–Crippen MR) is 211 cm³/mol. The monoisotopic (exact) mass is 779 g/mol. The number of nitrogens with zero attached hydrogens (tertiary/aromatic N) is 2. The number of rotatable bonds is 8. The largest absolute Gasteiger partial charge is 2.00 e. The van der Waals surface area contributed by atoms with Gasteiger partial charge in [0, 0.05) is 35.5 Å². The average molecular weight is 780 g/mol. The maximum atomic E-state index is 11.3. The van der Waals surface area contributed by atoms with E-state index in [0.717, 1.165) is 87.5 Å². The molecule has 1 fully saturated rings. The van der Waals surface area contributed by atoms with E-state index < -0.39 is 11.9 Å². The second-order valence-corrected chi connectivity index (χ2v) is 19.3. The fourth-order valence-electron chi connectivity index (χ4n) is 6.40. The number of hydrogen-bond acceptors (Lipinski definition) is 8. The van der Waals surface area contributed by atoms with Crippen LogP contribution in [0.3, 0.4) is 0 Å². The summed E-state index contributed by atoms with van der Waals surface area (Å²) in [5, 5.41) is 40.4. The summed E-state index contributed by atoms with van der Waals surface area (Å²) in [6, 6.07) is 8.70. The number of carboxylic acid groups (broad SMARTS) is 2. The molecule has 53 heavy (non-hydrogen) atoms. The van der Waals surface area contributed by atoms with Gasteiger partial charge in [0.15, 0.2) is 0 Å². The van der Waals surface area contributed by atoms with Gasteiger partial charge in [-0.2, -0.15) is 0 Å². The molecule has 1 saturated carbocycles. The summed E-state index contributed by atoms with van der Waals surface area (Å²) in [4.78, 5) is 27.9. The molecule has 2 aromatic rings. The first kappa shape index (κ1) is 49.8. The molecule has 9 heteroatoms. The zero-order valence-corrected chi connectivity index (χ0v) is 36.1. The Morgan fingerprint density at radius 2 is 0.868 bits per heavy atom. The number of phenolic OH excluding ortho intramolecular Hbond substituents is 2. The molecule has 0 amide bonds. The molecule has 2 atom stereocenters. The summed E-state index contributed by atoms with van der Waals surface area (Å²) in [5.74, 6) is -1.46. The van der Waals surface area contributed by atoms with Gasteiger partial charge in [-0.25, -0.2) is 0 Å². The zero-order valence-electron chi connectivity index (χ0n) is 35.0. The van der Waals surface area contributed by atoms with Crippen LogP contribution in [0.1, 0.15) is 156 Å². The van der Waals surface area contributed by atoms with Crippen molar-refractivity contribution in [1.29, 1.82) is 0 Å². The van der Waals surface area contributed by atoms with Crippen molar-refractivity contribution in [3.63, 3.8) is 0 Å². The Morgan fingerprint density at radius 1 is 0.604 bits per heavy atom. The van der Waals surface area contributed by atoms with Crippen LogP contribution in [0.15, 0.2) is 34.3 Å². The van der Waals surface area contributed by atoms with Crippen molar-refractivity contribution >= 4 is 24.4 Å². The number of aliphatic imine (C=N–C) groups is 2. The molecule has 0 bridgehead atoms. The normalized spacial score (nSPS) is 16.6. The van der Waals surface area contributed by atoms with Crippen LogP contribution in [0.5, 0.6) is 11.5 Å². The van der Waals surface area contributed by atoms with E-state index in [1.54, 1.807) is 0 Å². The number of carbonyl (C=O) groups excluding carboxylic acids is 2. The molecule has 0 spiro atoms. The first-order valence-corrected chi connectivity index (χ1v) is 18.7. The third-order valence-electron chi connectivity index (χ3n) is 7.97. The van der Waals surface area contributed by atoms with Crippen LogP contribution in [0, 0.1) is 21.7 Å². The fourth-order valence-corrected chi connectivity index (χ4v) is 6.40. The summed E-state index contributed by atoms with van der Waals surface area (Å²) in [6.45, 7) is 28.7. The Labute approximate surface area is 331 Å². The van der Waals surface area contributed by atoms with Crippen LogP contribution in [-0.2, 0) is 52.1 Å². The minimum atomic E-state index is -1.08. The van der Waals surface area contributed by atoms with Crippen molar-refractivity contribution in [3.05, 3.63) is 57.6 Å². The second kappa shape index (κ2) is 21.1. The average Bonchev–Trinajstić information content (AvgIpc) is 2.91. The third-order valence-corrected chi connectivity index (χ3v) is 7.97. The molecule has 1 aliphatic rings. The van der Waals surface area contributed by atoms with Gasteiger partial charge in [0.05, 0.1) is 12.1 Å². The Hall–Kier alpha value is -3.17. The molecule has 0 heterocycles. The Morgan fingerprint density at radius 3 is 1.11 bits per heavy atom. The molecule has 2 unspecified atom stereocenters. The number of phenols is 2. The maximum Gasteiger partial charge on any atom is 2.00 e. The van der Waals surface area contributed by atoms with Crippen LogP contribution >= 0.6 is 0 Å². The minimum absolute atomic E-state index is 0. The van der Waals surface area contributed by atoms with Gasteiger partial charge in [-0.1, -0.05) is 108 Å². The van der Waals surface area contributed by atoms with Crippen molar-refractivity contribution in [3.8, 4) is 11.5 Å². The molecule has 1 radical (unpaired) electrons. The molecule has 299 valence electrons. The first-order valence-electron chi connectivity index (χ1n) is 18.7. The second-order valence-electron chi connectivity index (χ2n) is 19.3. The molecule has 2 aromatic carbocycles. The van der Waals surface area contributed by atoms with Crippen molar-refractivity contribution in [2.24, 2.45) is 31.6 Å². The topological polar surface area (TPSA) is 145 Å². The summed E-state index contributed by atoms with van der Waals surface area (Å²) < 4.78 is 0. The number of aliphatic carboxylic acids is 2. The molecular formula is C44H68CoN2O6. The Bertz CT molecular complexity index is 1410. The van der Waals surface area contributed by atoms with Gasteiger partial charge in [0.2, 0.25) is 0 Å². The minimum Gasteiger partial charge on any atom is -0.550 e. The molecular weight excluding hydrogens is 711 g/mol. The maximum absolute atomic E-state index is 11.3. The van der Waals surface area contributed by atoms with Crippen LogP contribution in [0.4, 0.5) is 0 Å². The van der Waals surface area contributed by atoms with Crippen LogP contribution in [0.25, 0.3) is 0 Å². The van der Waals surface area contributed by atoms with Gasteiger partial charge < -0.3 is 30.0 Å². The number of aromatic hydroxyl groups is 2. The van der Waals surface area contributed by atoms with Crippen LogP contribution < -0.4 is 10.2 Å². The Balaban J connectivity index is 0.00000272. The van der Waals surface area contributed by atoms with E-state index >= 15 is 0 Å². The van der Waals surface area contributed by atoms with Gasteiger partial charge in [-0.05, 0) is 108 Å². The molecule has 2 N–H and O–H groups in total. The fraction of sp³-hybridized carbons (Fsp3) is 0.636. The van der Waals surface area contributed by atoms with Crippen molar-refractivity contribution < 1.29 is 46.8 Å². The Kier molecular flexibility index (Phi) is 19.8. The number of carbonyl (C=O) groups is 2. The van der Waals surface area contributed by atoms with E-state index in [4.69, 9.17) is 29.8 Å². The van der Waals surface area contributed by atoms with E-state index in [0.29, 0.717) is 11.5 Å². The first-order chi connectivity index (χ1) is 23.5. The van der Waals surface area contributed by atoms with E-state index in [1.807, 2.05) is 12.4 Å². The summed E-state index contributed by atoms with van der Waals surface area (Å²) in [5.41, 5.74) is 6.52. The SMILES string of the molecule is CC(=O)[O-].CC(=O)[O-].CC(C)(C)Cc1cc(C=NC2CCCCC2N=Cc2cc(CC(C)(C)C)cc(CC(C)(C)C)c2O)c(O)c(CC(C)(C)C)c1.[Co+2]. The van der Waals surface area contributed by atoms with Gasteiger partial charge in [0.1, 0.15) is 11.5 Å². The van der Waals surface area contributed by atoms with E-state index in [-0.39, 0.29) is 50.5 Å². The van der Waals surface area contributed by atoms with Crippen molar-refractivity contribution in [2.75, 3.05) is 0 Å². The van der Waals surface area contributed by atoms with Crippen LogP contribution in [-0.4, -0.2) is 46.7 Å². The van der Waals surface area contributed by atoms with E-state index in [2.05, 4.69) is 107 Å². The summed E-state index contributed by atoms with van der Waals surface area (Å²) in [7, 11) is 0. The third kappa shape index (κ3) is 22.0. The van der Waals surface area contributed by atoms with E-state index in [9.17, 15) is 10.2 Å². The zero-order chi connectivity index (χ0) is 40.2. The molecule has 0 aliphatic heterocycles. The smallest absolute Gasteiger partial charge is 0.550 e. The van der Waals surface area contributed by atoms with E-state index in [1.165, 1.54) is 11.1 Å². The molecule has 0 aromatic heterocycles. The van der Waals surface area contributed by atoms with Crippen LogP contribution in [0.2, 0.25) is 0 Å². The quantitative estimate of drug-likeness (QED) is 0.262. The summed E-state index contributed by atoms with van der Waals surface area (Å²) >= 11 is 0. The summed E-state index contributed by atoms with van der Waals surface area (Å²) in [6.07, 6.45) is 11.5. The predicted octanol–water partition coefficient (Wildman–Crippen LogP) is 7.81. The number of carboxylic acids is 2. The van der Waals surface area contributed by atoms with Gasteiger partial charge in [-0.15, -0.1) is 0 Å². The van der Waals surface area contributed by atoms with Crippen molar-refractivity contribution in [1.82, 2.24) is 0 Å². The molecule has 8 nitrogen and oxygen atoms in total. The van der Waals surface area contributed by atoms with Gasteiger partial charge >= 0.3 is 16.8 Å². The standard InChI is InChI=1S/C40H62N2O2.2C2H4O2.Co/c1-37(2,3)21-27-17-29(23-39(7,8)9)35(43)31(19-27)25-41-33-15-13-14-16-34(33)42-26-32-20-28(22-38(4,5)6)18-30(36(32)44)24-40(10,11)12;2*1-2(3)4;/h17-20,25-26,33-34,43-44H,13-16,21-24H2,1-12H3;2*1H3,(H,3,4);/q;;;+2/p-2. The van der Waals surface area contributed by atoms with Crippen molar-refractivity contribution in [2.45, 2.75) is 160 Å². The molecule has 0 saturated heterocycles. The van der Waals surface area contributed by atoms with Gasteiger partial charge in [-0.3, -0.25) is 9.98 Å². The molecule has 1 aliphatic carbocycles. The number of benzene rings is 2. The number of hydrogen-bond donors (Lipinski definition) is 2.